The maximum Gasteiger partial charge on any atom is 0.253 e. The number of ether oxygens (including phenoxy) is 1. The van der Waals surface area contributed by atoms with Gasteiger partial charge in [0.15, 0.2) is 0 Å². The minimum absolute atomic E-state index is 0.112. The molecular weight excluding hydrogens is 358 g/mol. The highest BCUT2D eigenvalue weighted by Crippen LogP contribution is 2.23. The molecule has 150 valence electrons. The van der Waals surface area contributed by atoms with Crippen molar-refractivity contribution in [2.24, 2.45) is 5.73 Å². The molecule has 2 aromatic rings. The number of nitrogens with zero attached hydrogens (tertiary/aromatic N) is 4. The summed E-state index contributed by atoms with van der Waals surface area (Å²) in [5, 5.41) is 4.21. The Labute approximate surface area is 164 Å². The van der Waals surface area contributed by atoms with E-state index >= 15 is 0 Å². The first-order valence-corrected chi connectivity index (χ1v) is 9.39. The van der Waals surface area contributed by atoms with E-state index in [1.807, 2.05) is 37.1 Å². The van der Waals surface area contributed by atoms with Gasteiger partial charge in [-0.1, -0.05) is 0 Å². The Morgan fingerprint density at radius 3 is 2.71 bits per heavy atom. The summed E-state index contributed by atoms with van der Waals surface area (Å²) in [5.74, 6) is 0.186. The fraction of sp³-hybridized carbons (Fsp3) is 0.450. The van der Waals surface area contributed by atoms with Gasteiger partial charge in [-0.15, -0.1) is 0 Å². The van der Waals surface area contributed by atoms with E-state index in [4.69, 9.17) is 10.5 Å². The molecule has 2 heterocycles. The Morgan fingerprint density at radius 1 is 1.32 bits per heavy atom. The number of carbonyl (C=O) groups excluding carboxylic acids is 2. The Balaban J connectivity index is 1.81. The molecule has 0 saturated carbocycles. The average Bonchev–Trinajstić information content (AvgIpc) is 3.19. The van der Waals surface area contributed by atoms with Crippen LogP contribution in [0, 0.1) is 0 Å². The van der Waals surface area contributed by atoms with Crippen LogP contribution in [0.4, 0.5) is 0 Å². The van der Waals surface area contributed by atoms with Crippen molar-refractivity contribution in [1.82, 2.24) is 19.6 Å². The average molecular weight is 385 g/mol. The number of benzene rings is 1. The van der Waals surface area contributed by atoms with Crippen molar-refractivity contribution in [3.63, 3.8) is 0 Å². The van der Waals surface area contributed by atoms with Gasteiger partial charge in [0.1, 0.15) is 11.8 Å². The summed E-state index contributed by atoms with van der Waals surface area (Å²) in [5.41, 5.74) is 7.01. The summed E-state index contributed by atoms with van der Waals surface area (Å²) in [6.45, 7) is 6.03. The zero-order valence-electron chi connectivity index (χ0n) is 16.5. The molecule has 1 aliphatic heterocycles. The lowest BCUT2D eigenvalue weighted by atomic mass is 10.1. The molecule has 1 aromatic heterocycles. The molecule has 1 saturated heterocycles. The van der Waals surface area contributed by atoms with E-state index in [1.54, 1.807) is 35.0 Å². The summed E-state index contributed by atoms with van der Waals surface area (Å²) in [7, 11) is 1.60. The first-order chi connectivity index (χ1) is 13.4. The van der Waals surface area contributed by atoms with Crippen LogP contribution >= 0.6 is 0 Å². The number of nitrogens with two attached hydrogens (primary N) is 1. The van der Waals surface area contributed by atoms with Crippen molar-refractivity contribution in [2.45, 2.75) is 32.5 Å². The molecule has 2 amide bonds. The summed E-state index contributed by atoms with van der Waals surface area (Å²) in [4.78, 5) is 28.7. The molecule has 1 atom stereocenters. The fourth-order valence-corrected chi connectivity index (χ4v) is 3.64. The van der Waals surface area contributed by atoms with Crippen LogP contribution in [0.3, 0.4) is 0 Å². The number of carbonyl (C=O) groups is 2. The first kappa shape index (κ1) is 19.9. The SMILES string of the molecule is COc1ccc(C(=O)N2CCN(C(C)C)[C@H](C(N)=O)C2)cc1Cn1cccn1. The lowest BCUT2D eigenvalue weighted by Gasteiger charge is -2.42. The van der Waals surface area contributed by atoms with Gasteiger partial charge in [-0.3, -0.25) is 19.2 Å². The summed E-state index contributed by atoms with van der Waals surface area (Å²) >= 11 is 0. The van der Waals surface area contributed by atoms with Crippen LogP contribution in [0.5, 0.6) is 5.75 Å². The minimum atomic E-state index is -0.473. The standard InChI is InChI=1S/C20H27N5O3/c1-14(2)25-10-9-23(13-17(25)19(21)26)20(27)15-5-6-18(28-3)16(11-15)12-24-8-4-7-22-24/h4-8,11,14,17H,9-10,12-13H2,1-3H3,(H2,21,26)/t17-/m0/s1. The van der Waals surface area contributed by atoms with Crippen molar-refractivity contribution in [2.75, 3.05) is 26.7 Å². The van der Waals surface area contributed by atoms with E-state index in [9.17, 15) is 9.59 Å². The third kappa shape index (κ3) is 4.17. The van der Waals surface area contributed by atoms with E-state index in [2.05, 4.69) is 5.10 Å². The van der Waals surface area contributed by atoms with Gasteiger partial charge in [-0.05, 0) is 38.1 Å². The summed E-state index contributed by atoms with van der Waals surface area (Å²) < 4.78 is 7.20. The number of amides is 2. The molecule has 1 aromatic carbocycles. The van der Waals surface area contributed by atoms with Crippen LogP contribution in [-0.2, 0) is 11.3 Å². The van der Waals surface area contributed by atoms with E-state index < -0.39 is 11.9 Å². The molecule has 0 bridgehead atoms. The van der Waals surface area contributed by atoms with Gasteiger partial charge >= 0.3 is 0 Å². The van der Waals surface area contributed by atoms with Gasteiger partial charge in [-0.2, -0.15) is 5.10 Å². The number of hydrogen-bond donors (Lipinski definition) is 1. The van der Waals surface area contributed by atoms with Crippen LogP contribution in [0.1, 0.15) is 29.8 Å². The largest absolute Gasteiger partial charge is 0.496 e. The number of primary amides is 1. The maximum atomic E-state index is 13.1. The number of methoxy groups -OCH3 is 1. The topological polar surface area (TPSA) is 93.7 Å². The molecule has 28 heavy (non-hydrogen) atoms. The van der Waals surface area contributed by atoms with Crippen LogP contribution in [0.25, 0.3) is 0 Å². The van der Waals surface area contributed by atoms with Gasteiger partial charge < -0.3 is 15.4 Å². The molecule has 1 fully saturated rings. The van der Waals surface area contributed by atoms with E-state index in [1.165, 1.54) is 0 Å². The van der Waals surface area contributed by atoms with Crippen LogP contribution in [-0.4, -0.2) is 70.2 Å². The third-order valence-electron chi connectivity index (χ3n) is 5.12. The van der Waals surface area contributed by atoms with Crippen molar-refractivity contribution < 1.29 is 14.3 Å². The number of piperazine rings is 1. The maximum absolute atomic E-state index is 13.1. The molecule has 3 rings (SSSR count). The Bertz CT molecular complexity index is 834. The fourth-order valence-electron chi connectivity index (χ4n) is 3.64. The van der Waals surface area contributed by atoms with Crippen molar-refractivity contribution in [3.05, 3.63) is 47.8 Å². The normalized spacial score (nSPS) is 17.7. The van der Waals surface area contributed by atoms with Crippen molar-refractivity contribution in [1.29, 1.82) is 0 Å². The molecule has 1 aliphatic rings. The Kier molecular flexibility index (Phi) is 5.99. The second kappa shape index (κ2) is 8.43. The highest BCUT2D eigenvalue weighted by molar-refractivity contribution is 5.95. The predicted molar refractivity (Wildman–Crippen MR) is 105 cm³/mol. The minimum Gasteiger partial charge on any atom is -0.496 e. The molecule has 0 unspecified atom stereocenters. The zero-order valence-corrected chi connectivity index (χ0v) is 16.5. The van der Waals surface area contributed by atoms with Crippen molar-refractivity contribution >= 4 is 11.8 Å². The van der Waals surface area contributed by atoms with E-state index in [0.717, 1.165) is 5.56 Å². The number of hydrogen-bond acceptors (Lipinski definition) is 5. The summed E-state index contributed by atoms with van der Waals surface area (Å²) in [6, 6.07) is 6.94. The molecular formula is C20H27N5O3. The number of rotatable bonds is 6. The van der Waals surface area contributed by atoms with E-state index in [-0.39, 0.29) is 11.9 Å². The third-order valence-corrected chi connectivity index (χ3v) is 5.12. The van der Waals surface area contributed by atoms with Gasteiger partial charge in [-0.25, -0.2) is 0 Å². The lowest BCUT2D eigenvalue weighted by Crippen LogP contribution is -2.61. The van der Waals surface area contributed by atoms with Crippen LogP contribution in [0.15, 0.2) is 36.7 Å². The quantitative estimate of drug-likeness (QED) is 0.799. The van der Waals surface area contributed by atoms with E-state index in [0.29, 0.717) is 37.5 Å². The summed E-state index contributed by atoms with van der Waals surface area (Å²) in [6.07, 6.45) is 3.57. The Morgan fingerprint density at radius 2 is 2.11 bits per heavy atom. The van der Waals surface area contributed by atoms with Gasteiger partial charge in [0, 0.05) is 49.2 Å². The second-order valence-corrected chi connectivity index (χ2v) is 7.23. The smallest absolute Gasteiger partial charge is 0.253 e. The zero-order chi connectivity index (χ0) is 20.3. The van der Waals surface area contributed by atoms with Crippen LogP contribution < -0.4 is 10.5 Å². The number of aromatic nitrogens is 2. The van der Waals surface area contributed by atoms with Crippen LogP contribution in [0.2, 0.25) is 0 Å². The molecule has 2 N–H and O–H groups in total. The first-order valence-electron chi connectivity index (χ1n) is 9.39. The molecule has 8 nitrogen and oxygen atoms in total. The van der Waals surface area contributed by atoms with Crippen molar-refractivity contribution in [3.8, 4) is 5.75 Å². The highest BCUT2D eigenvalue weighted by atomic mass is 16.5. The molecule has 8 heteroatoms. The highest BCUT2D eigenvalue weighted by Gasteiger charge is 2.34. The lowest BCUT2D eigenvalue weighted by molar-refractivity contribution is -0.126. The monoisotopic (exact) mass is 385 g/mol. The van der Waals surface area contributed by atoms with Gasteiger partial charge in [0.25, 0.3) is 5.91 Å². The Hall–Kier alpha value is -2.87. The predicted octanol–water partition coefficient (Wildman–Crippen LogP) is 0.960. The molecule has 0 aliphatic carbocycles. The van der Waals surface area contributed by atoms with Gasteiger partial charge in [0.2, 0.25) is 5.91 Å². The molecule has 0 spiro atoms. The molecule has 0 radical (unpaired) electrons. The van der Waals surface area contributed by atoms with Gasteiger partial charge in [0.05, 0.1) is 13.7 Å². The second-order valence-electron chi connectivity index (χ2n) is 7.23.